The predicted molar refractivity (Wildman–Crippen MR) is 76.4 cm³/mol. The van der Waals surface area contributed by atoms with Gasteiger partial charge in [0.05, 0.1) is 6.54 Å². The number of carbonyl (C=O) groups is 2. The number of carbonyl (C=O) groups excluding carboxylic acids is 1. The highest BCUT2D eigenvalue weighted by Crippen LogP contribution is 2.21. The van der Waals surface area contributed by atoms with E-state index in [-0.39, 0.29) is 17.9 Å². The Morgan fingerprint density at radius 2 is 2.40 bits per heavy atom. The van der Waals surface area contributed by atoms with E-state index >= 15 is 0 Å². The number of hydrogen-bond acceptors (Lipinski definition) is 4. The Labute approximate surface area is 121 Å². The summed E-state index contributed by atoms with van der Waals surface area (Å²) in [6, 6.07) is 1.86. The zero-order valence-corrected chi connectivity index (χ0v) is 12.0. The topological polar surface area (TPSA) is 75.6 Å². The van der Waals surface area contributed by atoms with Crippen LogP contribution in [0.15, 0.2) is 17.5 Å². The molecule has 5 nitrogen and oxygen atoms in total. The zero-order chi connectivity index (χ0) is 14.5. The Morgan fingerprint density at radius 3 is 3.05 bits per heavy atom. The van der Waals surface area contributed by atoms with Crippen LogP contribution in [0.2, 0.25) is 0 Å². The molecule has 0 bridgehead atoms. The number of carboxylic acids is 1. The highest BCUT2D eigenvalue weighted by Gasteiger charge is 2.30. The van der Waals surface area contributed by atoms with E-state index in [1.807, 2.05) is 18.4 Å². The summed E-state index contributed by atoms with van der Waals surface area (Å²) in [6.07, 6.45) is 3.20. The second kappa shape index (κ2) is 6.67. The van der Waals surface area contributed by atoms with Gasteiger partial charge in [-0.15, -0.1) is 11.3 Å². The summed E-state index contributed by atoms with van der Waals surface area (Å²) in [5, 5.41) is 13.3. The fraction of sp³-hybridized carbons (Fsp3) is 0.429. The molecule has 0 radical (unpaired) electrons. The molecule has 2 rings (SSSR count). The number of hydrogen-bond donors (Lipinski definition) is 2. The highest BCUT2D eigenvalue weighted by atomic mass is 32.1. The maximum Gasteiger partial charge on any atom is 0.328 e. The molecule has 108 valence electrons. The van der Waals surface area contributed by atoms with Gasteiger partial charge in [-0.1, -0.05) is 6.92 Å². The van der Waals surface area contributed by atoms with Crippen LogP contribution in [-0.4, -0.2) is 29.7 Å². The van der Waals surface area contributed by atoms with E-state index < -0.39 is 5.97 Å². The van der Waals surface area contributed by atoms with Crippen molar-refractivity contribution in [2.45, 2.75) is 26.0 Å². The lowest BCUT2D eigenvalue weighted by Gasteiger charge is -2.13. The quantitative estimate of drug-likeness (QED) is 0.813. The fourth-order valence-corrected chi connectivity index (χ4v) is 2.84. The van der Waals surface area contributed by atoms with Crippen molar-refractivity contribution in [3.8, 4) is 0 Å². The molecule has 1 fully saturated rings. The van der Waals surface area contributed by atoms with E-state index in [2.05, 4.69) is 5.32 Å². The molecule has 20 heavy (non-hydrogen) atoms. The van der Waals surface area contributed by atoms with Gasteiger partial charge in [-0.25, -0.2) is 4.79 Å². The normalized spacial score (nSPS) is 22.2. The predicted octanol–water partition coefficient (Wildman–Crippen LogP) is 1.89. The van der Waals surface area contributed by atoms with Crippen LogP contribution in [-0.2, 0) is 20.9 Å². The molecule has 2 heterocycles. The van der Waals surface area contributed by atoms with Crippen LogP contribution in [0.1, 0.15) is 23.8 Å². The Hall–Kier alpha value is -1.66. The third-order valence-corrected chi connectivity index (χ3v) is 4.13. The molecule has 1 aromatic rings. The number of ether oxygens (including phenoxy) is 1. The van der Waals surface area contributed by atoms with Crippen molar-refractivity contribution in [2.75, 3.05) is 6.61 Å². The molecule has 1 aromatic heterocycles. The number of thiophene rings is 1. The molecule has 2 atom stereocenters. The third kappa shape index (κ3) is 3.91. The molecule has 0 spiro atoms. The van der Waals surface area contributed by atoms with Crippen molar-refractivity contribution in [3.63, 3.8) is 0 Å². The van der Waals surface area contributed by atoms with Crippen molar-refractivity contribution in [3.05, 3.63) is 28.0 Å². The van der Waals surface area contributed by atoms with Gasteiger partial charge >= 0.3 is 5.97 Å². The van der Waals surface area contributed by atoms with Gasteiger partial charge in [0.25, 0.3) is 0 Å². The summed E-state index contributed by atoms with van der Waals surface area (Å²) in [4.78, 5) is 23.3. The molecule has 0 aliphatic carbocycles. The van der Waals surface area contributed by atoms with Gasteiger partial charge in [-0.05, 0) is 35.4 Å². The minimum absolute atomic E-state index is 0.0778. The first-order valence-electron chi connectivity index (χ1n) is 6.44. The van der Waals surface area contributed by atoms with Crippen LogP contribution in [0.25, 0.3) is 6.08 Å². The van der Waals surface area contributed by atoms with Gasteiger partial charge in [-0.3, -0.25) is 4.79 Å². The molecule has 0 aromatic carbocycles. The van der Waals surface area contributed by atoms with Gasteiger partial charge < -0.3 is 15.2 Å². The van der Waals surface area contributed by atoms with Crippen molar-refractivity contribution >= 4 is 29.3 Å². The number of rotatable bonds is 5. The van der Waals surface area contributed by atoms with Crippen molar-refractivity contribution in [1.82, 2.24) is 5.32 Å². The first-order chi connectivity index (χ1) is 9.56. The molecule has 1 aliphatic heterocycles. The van der Waals surface area contributed by atoms with E-state index in [1.165, 1.54) is 17.4 Å². The van der Waals surface area contributed by atoms with Crippen LogP contribution < -0.4 is 5.32 Å². The Kier molecular flexibility index (Phi) is 4.92. The van der Waals surface area contributed by atoms with Gasteiger partial charge in [0.2, 0.25) is 5.91 Å². The molecule has 2 unspecified atom stereocenters. The minimum atomic E-state index is -0.974. The number of aliphatic carboxylic acids is 1. The summed E-state index contributed by atoms with van der Waals surface area (Å²) in [5.41, 5.74) is 0.826. The fourth-order valence-electron chi connectivity index (χ4n) is 2.05. The maximum atomic E-state index is 11.9. The van der Waals surface area contributed by atoms with Crippen LogP contribution in [0.4, 0.5) is 0 Å². The first-order valence-corrected chi connectivity index (χ1v) is 7.32. The van der Waals surface area contributed by atoms with Gasteiger partial charge in [-0.2, -0.15) is 0 Å². The van der Waals surface area contributed by atoms with E-state index in [1.54, 1.807) is 0 Å². The molecule has 1 aliphatic rings. The zero-order valence-electron chi connectivity index (χ0n) is 11.2. The second-order valence-electron chi connectivity index (χ2n) is 4.79. The second-order valence-corrected chi connectivity index (χ2v) is 5.79. The largest absolute Gasteiger partial charge is 0.478 e. The standard InChI is InChI=1S/C14H17NO4S/c1-9-4-5-19-13(9)14(18)15-7-11-6-10(8-20-11)2-3-12(16)17/h2-3,6,8-9,13H,4-5,7H2,1H3,(H,15,18)(H,16,17)/b3-2+. The van der Waals surface area contributed by atoms with E-state index in [4.69, 9.17) is 9.84 Å². The van der Waals surface area contributed by atoms with Crippen molar-refractivity contribution in [2.24, 2.45) is 5.92 Å². The Balaban J connectivity index is 1.85. The number of amides is 1. The van der Waals surface area contributed by atoms with Crippen LogP contribution >= 0.6 is 11.3 Å². The van der Waals surface area contributed by atoms with Gasteiger partial charge in [0.1, 0.15) is 6.10 Å². The summed E-state index contributed by atoms with van der Waals surface area (Å²) >= 11 is 1.49. The van der Waals surface area contributed by atoms with Gasteiger partial charge in [0, 0.05) is 17.6 Å². The maximum absolute atomic E-state index is 11.9. The SMILES string of the molecule is CC1CCOC1C(=O)NCc1cc(/C=C/C(=O)O)cs1. The smallest absolute Gasteiger partial charge is 0.328 e. The summed E-state index contributed by atoms with van der Waals surface area (Å²) in [5.74, 6) is -0.795. The minimum Gasteiger partial charge on any atom is -0.478 e. The molecule has 2 N–H and O–H groups in total. The average Bonchev–Trinajstić information content (AvgIpc) is 3.02. The molecule has 1 amide bonds. The lowest BCUT2D eigenvalue weighted by Crippen LogP contribution is -2.36. The van der Waals surface area contributed by atoms with Crippen LogP contribution in [0.3, 0.4) is 0 Å². The molecule has 0 saturated carbocycles. The molecule has 6 heteroatoms. The lowest BCUT2D eigenvalue weighted by atomic mass is 10.0. The summed E-state index contributed by atoms with van der Waals surface area (Å²) in [7, 11) is 0. The summed E-state index contributed by atoms with van der Waals surface area (Å²) < 4.78 is 5.40. The van der Waals surface area contributed by atoms with Crippen molar-refractivity contribution in [1.29, 1.82) is 0 Å². The molecular weight excluding hydrogens is 278 g/mol. The number of nitrogens with one attached hydrogen (secondary N) is 1. The molecule has 1 saturated heterocycles. The highest BCUT2D eigenvalue weighted by molar-refractivity contribution is 7.10. The van der Waals surface area contributed by atoms with Gasteiger partial charge in [0.15, 0.2) is 0 Å². The molecular formula is C14H17NO4S. The van der Waals surface area contributed by atoms with E-state index in [0.717, 1.165) is 22.9 Å². The Morgan fingerprint density at radius 1 is 1.60 bits per heavy atom. The van der Waals surface area contributed by atoms with E-state index in [0.29, 0.717) is 13.2 Å². The van der Waals surface area contributed by atoms with Crippen LogP contribution in [0.5, 0.6) is 0 Å². The summed E-state index contributed by atoms with van der Waals surface area (Å²) in [6.45, 7) is 3.09. The first kappa shape index (κ1) is 14.7. The van der Waals surface area contributed by atoms with Crippen LogP contribution in [0, 0.1) is 5.92 Å². The lowest BCUT2D eigenvalue weighted by molar-refractivity contribution is -0.132. The number of carboxylic acid groups (broad SMARTS) is 1. The Bertz CT molecular complexity index is 523. The average molecular weight is 295 g/mol. The van der Waals surface area contributed by atoms with Crippen molar-refractivity contribution < 1.29 is 19.4 Å². The monoisotopic (exact) mass is 295 g/mol. The van der Waals surface area contributed by atoms with E-state index in [9.17, 15) is 9.59 Å². The third-order valence-electron chi connectivity index (χ3n) is 3.18.